The Morgan fingerprint density at radius 3 is 2.55 bits per heavy atom. The minimum absolute atomic E-state index is 0.135. The lowest BCUT2D eigenvalue weighted by Crippen LogP contribution is -2.30. The van der Waals surface area contributed by atoms with Crippen molar-refractivity contribution in [3.63, 3.8) is 0 Å². The summed E-state index contributed by atoms with van der Waals surface area (Å²) in [7, 11) is 0. The number of carbonyl (C=O) groups excluding carboxylic acids is 2. The van der Waals surface area contributed by atoms with Crippen molar-refractivity contribution >= 4 is 28.3 Å². The second-order valence-corrected chi connectivity index (χ2v) is 6.83. The van der Waals surface area contributed by atoms with Gasteiger partial charge in [0.05, 0.1) is 18.2 Å². The third-order valence-electron chi connectivity index (χ3n) is 5.17. The quantitative estimate of drug-likeness (QED) is 0.652. The number of anilines is 1. The lowest BCUT2D eigenvalue weighted by Gasteiger charge is -2.26. The summed E-state index contributed by atoms with van der Waals surface area (Å²) in [6.07, 6.45) is 1.99. The zero-order valence-electron chi connectivity index (χ0n) is 16.3. The largest absolute Gasteiger partial charge is 0.503 e. The van der Waals surface area contributed by atoms with Crippen LogP contribution in [0.15, 0.2) is 66.1 Å². The van der Waals surface area contributed by atoms with Crippen LogP contribution in [0.4, 0.5) is 5.69 Å². The molecule has 148 valence electrons. The van der Waals surface area contributed by atoms with Crippen molar-refractivity contribution in [3.8, 4) is 5.75 Å². The van der Waals surface area contributed by atoms with E-state index in [0.717, 1.165) is 16.5 Å². The predicted molar refractivity (Wildman–Crippen MR) is 111 cm³/mol. The zero-order valence-corrected chi connectivity index (χ0v) is 16.3. The van der Waals surface area contributed by atoms with E-state index in [-0.39, 0.29) is 17.8 Å². The number of Topliss-reactive ketones (excluding diaryl/α,β-unsaturated/α-hetero) is 1. The van der Waals surface area contributed by atoms with Gasteiger partial charge in [-0.2, -0.15) is 0 Å². The molecule has 1 aromatic heterocycles. The third kappa shape index (κ3) is 3.06. The number of hydrogen-bond acceptors (Lipinski definition) is 4. The Morgan fingerprint density at radius 1 is 1.14 bits per heavy atom. The molecule has 0 saturated heterocycles. The Labute approximate surface area is 168 Å². The van der Waals surface area contributed by atoms with Crippen molar-refractivity contribution in [1.29, 1.82) is 0 Å². The second-order valence-electron chi connectivity index (χ2n) is 6.83. The SMILES string of the molecule is CCOc1ccc(N2C(=O)C(O)=C(C(=O)CC)C2c2c[nH]c3ccccc23)cc1. The van der Waals surface area contributed by atoms with E-state index in [0.29, 0.717) is 18.0 Å². The Kier molecular flexibility index (Phi) is 4.84. The van der Waals surface area contributed by atoms with Gasteiger partial charge in [-0.1, -0.05) is 25.1 Å². The standard InChI is InChI=1S/C23H22N2O4/c1-3-19(26)20-21(17-13-24-18-8-6-5-7-16(17)18)25(23(28)22(20)27)14-9-11-15(12-10-14)29-4-2/h5-13,21,24,27H,3-4H2,1-2H3. The molecule has 3 aromatic rings. The van der Waals surface area contributed by atoms with Gasteiger partial charge in [0.25, 0.3) is 5.91 Å². The number of benzene rings is 2. The van der Waals surface area contributed by atoms with Gasteiger partial charge in [0, 0.05) is 34.8 Å². The molecule has 1 amide bonds. The van der Waals surface area contributed by atoms with Crippen LogP contribution in [0, 0.1) is 0 Å². The molecule has 2 aromatic carbocycles. The van der Waals surface area contributed by atoms with Gasteiger partial charge < -0.3 is 14.8 Å². The molecule has 0 saturated carbocycles. The smallest absolute Gasteiger partial charge is 0.294 e. The number of nitrogens with one attached hydrogen (secondary N) is 1. The number of para-hydroxylation sites is 1. The summed E-state index contributed by atoms with van der Waals surface area (Å²) in [5.41, 5.74) is 2.38. The van der Waals surface area contributed by atoms with E-state index >= 15 is 0 Å². The number of aliphatic hydroxyl groups excluding tert-OH is 1. The van der Waals surface area contributed by atoms with Gasteiger partial charge in [0.1, 0.15) is 5.75 Å². The number of aromatic nitrogens is 1. The Hall–Kier alpha value is -3.54. The minimum Gasteiger partial charge on any atom is -0.503 e. The number of ketones is 1. The van der Waals surface area contributed by atoms with Crippen LogP contribution >= 0.6 is 0 Å². The summed E-state index contributed by atoms with van der Waals surface area (Å²) in [6, 6.07) is 14.1. The van der Waals surface area contributed by atoms with Gasteiger partial charge in [0.2, 0.25) is 0 Å². The van der Waals surface area contributed by atoms with Gasteiger partial charge in [-0.25, -0.2) is 0 Å². The summed E-state index contributed by atoms with van der Waals surface area (Å²) in [5, 5.41) is 11.5. The average Bonchev–Trinajstić information content (AvgIpc) is 3.27. The van der Waals surface area contributed by atoms with E-state index in [1.165, 1.54) is 4.90 Å². The van der Waals surface area contributed by atoms with Crippen LogP contribution in [0.2, 0.25) is 0 Å². The van der Waals surface area contributed by atoms with Gasteiger partial charge in [-0.15, -0.1) is 0 Å². The number of fused-ring (bicyclic) bond motifs is 1. The van der Waals surface area contributed by atoms with E-state index in [1.807, 2.05) is 31.2 Å². The van der Waals surface area contributed by atoms with Crippen molar-refractivity contribution in [3.05, 3.63) is 71.6 Å². The summed E-state index contributed by atoms with van der Waals surface area (Å²) in [5.74, 6) is -0.629. The molecule has 0 aliphatic carbocycles. The van der Waals surface area contributed by atoms with E-state index < -0.39 is 17.7 Å². The molecule has 1 atom stereocenters. The average molecular weight is 390 g/mol. The molecular weight excluding hydrogens is 368 g/mol. The van der Waals surface area contributed by atoms with E-state index in [9.17, 15) is 14.7 Å². The third-order valence-corrected chi connectivity index (χ3v) is 5.17. The van der Waals surface area contributed by atoms with Gasteiger partial charge >= 0.3 is 0 Å². The maximum atomic E-state index is 13.0. The topological polar surface area (TPSA) is 82.6 Å². The number of hydrogen-bond donors (Lipinski definition) is 2. The molecule has 2 heterocycles. The maximum Gasteiger partial charge on any atom is 0.294 e. The van der Waals surface area contributed by atoms with Crippen molar-refractivity contribution in [1.82, 2.24) is 4.98 Å². The first-order valence-electron chi connectivity index (χ1n) is 9.65. The van der Waals surface area contributed by atoms with Crippen molar-refractivity contribution in [2.24, 2.45) is 0 Å². The van der Waals surface area contributed by atoms with Crippen LogP contribution in [0.25, 0.3) is 10.9 Å². The van der Waals surface area contributed by atoms with E-state index in [4.69, 9.17) is 4.74 Å². The molecule has 6 heteroatoms. The summed E-state index contributed by atoms with van der Waals surface area (Å²) < 4.78 is 5.48. The Morgan fingerprint density at radius 2 is 1.86 bits per heavy atom. The molecule has 1 unspecified atom stereocenters. The van der Waals surface area contributed by atoms with Crippen LogP contribution in [-0.2, 0) is 9.59 Å². The lowest BCUT2D eigenvalue weighted by atomic mass is 9.94. The van der Waals surface area contributed by atoms with Crippen LogP contribution in [0.5, 0.6) is 5.75 Å². The first-order chi connectivity index (χ1) is 14.1. The fourth-order valence-electron chi connectivity index (χ4n) is 3.83. The highest BCUT2D eigenvalue weighted by atomic mass is 16.5. The van der Waals surface area contributed by atoms with E-state index in [1.54, 1.807) is 37.4 Å². The highest BCUT2D eigenvalue weighted by molar-refractivity contribution is 6.17. The molecule has 1 aliphatic rings. The minimum atomic E-state index is -0.705. The van der Waals surface area contributed by atoms with Crippen LogP contribution in [-0.4, -0.2) is 28.4 Å². The molecule has 0 spiro atoms. The molecule has 0 radical (unpaired) electrons. The number of H-pyrrole nitrogens is 1. The number of nitrogens with zero attached hydrogens (tertiary/aromatic N) is 1. The van der Waals surface area contributed by atoms with Crippen LogP contribution < -0.4 is 9.64 Å². The molecule has 0 fully saturated rings. The summed E-state index contributed by atoms with van der Waals surface area (Å²) in [6.45, 7) is 4.16. The molecule has 1 aliphatic heterocycles. The Bertz CT molecular complexity index is 1110. The van der Waals surface area contributed by atoms with Crippen molar-refractivity contribution < 1.29 is 19.4 Å². The second kappa shape index (κ2) is 7.47. The fourth-order valence-corrected chi connectivity index (χ4v) is 3.83. The maximum absolute atomic E-state index is 13.0. The first-order valence-corrected chi connectivity index (χ1v) is 9.65. The van der Waals surface area contributed by atoms with E-state index in [2.05, 4.69) is 4.98 Å². The summed E-state index contributed by atoms with van der Waals surface area (Å²) in [4.78, 5) is 30.4. The van der Waals surface area contributed by atoms with Crippen molar-refractivity contribution in [2.45, 2.75) is 26.3 Å². The molecule has 29 heavy (non-hydrogen) atoms. The Balaban J connectivity index is 1.87. The highest BCUT2D eigenvalue weighted by Gasteiger charge is 2.44. The zero-order chi connectivity index (χ0) is 20.5. The number of ether oxygens (including phenoxy) is 1. The highest BCUT2D eigenvalue weighted by Crippen LogP contribution is 2.43. The van der Waals surface area contributed by atoms with Gasteiger partial charge in [0.15, 0.2) is 11.5 Å². The monoisotopic (exact) mass is 390 g/mol. The first kappa shape index (κ1) is 18.8. The molecular formula is C23H22N2O4. The predicted octanol–water partition coefficient (Wildman–Crippen LogP) is 4.45. The fraction of sp³-hybridized carbons (Fsp3) is 0.217. The number of aliphatic hydroxyl groups is 1. The lowest BCUT2D eigenvalue weighted by molar-refractivity contribution is -0.118. The molecule has 6 nitrogen and oxygen atoms in total. The van der Waals surface area contributed by atoms with Gasteiger partial charge in [-0.3, -0.25) is 14.5 Å². The molecule has 0 bridgehead atoms. The van der Waals surface area contributed by atoms with Crippen LogP contribution in [0.1, 0.15) is 31.9 Å². The number of rotatable bonds is 6. The normalized spacial score (nSPS) is 16.7. The number of carbonyl (C=O) groups is 2. The molecule has 2 N–H and O–H groups in total. The van der Waals surface area contributed by atoms with Crippen LogP contribution in [0.3, 0.4) is 0 Å². The summed E-state index contributed by atoms with van der Waals surface area (Å²) >= 11 is 0. The number of aromatic amines is 1. The van der Waals surface area contributed by atoms with Crippen molar-refractivity contribution in [2.75, 3.05) is 11.5 Å². The number of amides is 1. The van der Waals surface area contributed by atoms with Gasteiger partial charge in [-0.05, 0) is 37.3 Å². The molecule has 4 rings (SSSR count).